The first-order chi connectivity index (χ1) is 7.77. The second-order valence-electron chi connectivity index (χ2n) is 3.40. The van der Waals surface area contributed by atoms with E-state index in [1.165, 1.54) is 0 Å². The number of aromatic nitrogens is 1. The fourth-order valence-electron chi connectivity index (χ4n) is 1.40. The monoisotopic (exact) mass is 216 g/mol. The van der Waals surface area contributed by atoms with Crippen LogP contribution in [0.1, 0.15) is 21.8 Å². The maximum atomic E-state index is 11.8. The number of nitrogens with zero attached hydrogens (tertiary/aromatic N) is 1. The van der Waals surface area contributed by atoms with Crippen LogP contribution in [-0.4, -0.2) is 10.9 Å². The van der Waals surface area contributed by atoms with Gasteiger partial charge in [-0.2, -0.15) is 0 Å². The molecule has 0 aliphatic rings. The van der Waals surface area contributed by atoms with Gasteiger partial charge in [0.2, 0.25) is 0 Å². The van der Waals surface area contributed by atoms with Crippen molar-refractivity contribution in [2.24, 2.45) is 0 Å². The Kier molecular flexibility index (Phi) is 3.00. The topological polar surface area (TPSA) is 55.1 Å². The molecule has 0 bridgehead atoms. The van der Waals surface area contributed by atoms with Gasteiger partial charge in [-0.1, -0.05) is 0 Å². The van der Waals surface area contributed by atoms with Gasteiger partial charge >= 0.3 is 0 Å². The first-order valence-corrected chi connectivity index (χ1v) is 4.99. The third kappa shape index (κ3) is 2.28. The minimum absolute atomic E-state index is 0.137. The zero-order chi connectivity index (χ0) is 11.4. The normalized spacial score (nSPS) is 10.1. The van der Waals surface area contributed by atoms with Crippen LogP contribution in [0.4, 0.5) is 0 Å². The molecular weight excluding hydrogens is 204 g/mol. The Morgan fingerprint density at radius 3 is 3.00 bits per heavy atom. The van der Waals surface area contributed by atoms with Crippen LogP contribution in [-0.2, 0) is 6.54 Å². The molecule has 1 amide bonds. The highest BCUT2D eigenvalue weighted by atomic mass is 16.3. The van der Waals surface area contributed by atoms with E-state index < -0.39 is 0 Å². The van der Waals surface area contributed by atoms with Gasteiger partial charge in [-0.05, 0) is 31.2 Å². The molecule has 0 saturated carbocycles. The van der Waals surface area contributed by atoms with Crippen molar-refractivity contribution in [3.63, 3.8) is 0 Å². The highest BCUT2D eigenvalue weighted by molar-refractivity contribution is 5.95. The van der Waals surface area contributed by atoms with Crippen molar-refractivity contribution in [1.29, 1.82) is 0 Å². The summed E-state index contributed by atoms with van der Waals surface area (Å²) < 4.78 is 5.12. The largest absolute Gasteiger partial charge is 0.467 e. The predicted octanol–water partition coefficient (Wildman–Crippen LogP) is 1.91. The van der Waals surface area contributed by atoms with Gasteiger partial charge in [0.25, 0.3) is 5.91 Å². The molecule has 0 aliphatic heterocycles. The van der Waals surface area contributed by atoms with Gasteiger partial charge in [0.1, 0.15) is 5.76 Å². The quantitative estimate of drug-likeness (QED) is 0.852. The summed E-state index contributed by atoms with van der Waals surface area (Å²) in [4.78, 5) is 15.8. The van der Waals surface area contributed by atoms with Gasteiger partial charge in [0.05, 0.1) is 18.4 Å². The van der Waals surface area contributed by atoms with Crippen molar-refractivity contribution in [2.45, 2.75) is 13.5 Å². The van der Waals surface area contributed by atoms with Crippen molar-refractivity contribution < 1.29 is 9.21 Å². The first kappa shape index (κ1) is 10.4. The summed E-state index contributed by atoms with van der Waals surface area (Å²) in [6.45, 7) is 2.20. The number of hydrogen-bond acceptors (Lipinski definition) is 3. The molecule has 0 spiro atoms. The third-order valence-electron chi connectivity index (χ3n) is 2.25. The lowest BCUT2D eigenvalue weighted by molar-refractivity contribution is 0.0947. The van der Waals surface area contributed by atoms with E-state index in [1.54, 1.807) is 30.7 Å². The Bertz CT molecular complexity index is 478. The Morgan fingerprint density at radius 1 is 1.44 bits per heavy atom. The Balaban J connectivity index is 2.01. The molecule has 2 aromatic rings. The molecule has 0 aromatic carbocycles. The minimum atomic E-state index is -0.137. The number of hydrogen-bond donors (Lipinski definition) is 1. The lowest BCUT2D eigenvalue weighted by Gasteiger charge is -2.04. The molecule has 1 N–H and O–H groups in total. The molecule has 82 valence electrons. The van der Waals surface area contributed by atoms with Crippen LogP contribution in [0.15, 0.2) is 41.1 Å². The average molecular weight is 216 g/mol. The molecule has 0 saturated heterocycles. The molecule has 0 radical (unpaired) electrons. The van der Waals surface area contributed by atoms with Crippen LogP contribution in [0, 0.1) is 6.92 Å². The number of furan rings is 1. The molecule has 4 nitrogen and oxygen atoms in total. The maximum Gasteiger partial charge on any atom is 0.253 e. The van der Waals surface area contributed by atoms with E-state index in [-0.39, 0.29) is 5.91 Å². The van der Waals surface area contributed by atoms with Crippen molar-refractivity contribution in [3.8, 4) is 0 Å². The van der Waals surface area contributed by atoms with E-state index >= 15 is 0 Å². The van der Waals surface area contributed by atoms with Gasteiger partial charge in [0, 0.05) is 11.9 Å². The second-order valence-corrected chi connectivity index (χ2v) is 3.40. The van der Waals surface area contributed by atoms with Gasteiger partial charge in [-0.3, -0.25) is 9.78 Å². The molecule has 0 fully saturated rings. The molecule has 2 heterocycles. The standard InChI is InChI=1S/C12H12N2O2/c1-9-11(5-2-6-13-9)12(15)14-8-10-4-3-7-16-10/h2-7H,8H2,1H3,(H,14,15). The number of aryl methyl sites for hydroxylation is 1. The second kappa shape index (κ2) is 4.61. The van der Waals surface area contributed by atoms with E-state index in [4.69, 9.17) is 4.42 Å². The fraction of sp³-hybridized carbons (Fsp3) is 0.167. The van der Waals surface area contributed by atoms with Crippen molar-refractivity contribution in [3.05, 3.63) is 53.7 Å². The van der Waals surface area contributed by atoms with Crippen molar-refractivity contribution >= 4 is 5.91 Å². The highest BCUT2D eigenvalue weighted by Gasteiger charge is 2.08. The highest BCUT2D eigenvalue weighted by Crippen LogP contribution is 2.04. The zero-order valence-corrected chi connectivity index (χ0v) is 8.93. The van der Waals surface area contributed by atoms with Crippen LogP contribution < -0.4 is 5.32 Å². The fourth-order valence-corrected chi connectivity index (χ4v) is 1.40. The van der Waals surface area contributed by atoms with Crippen LogP contribution in [0.5, 0.6) is 0 Å². The summed E-state index contributed by atoms with van der Waals surface area (Å²) in [6, 6.07) is 7.10. The molecule has 0 unspecified atom stereocenters. The Hall–Kier alpha value is -2.10. The maximum absolute atomic E-state index is 11.8. The Labute approximate surface area is 93.3 Å². The van der Waals surface area contributed by atoms with Gasteiger partial charge < -0.3 is 9.73 Å². The van der Waals surface area contributed by atoms with Crippen LogP contribution in [0.25, 0.3) is 0 Å². The molecule has 2 aromatic heterocycles. The third-order valence-corrected chi connectivity index (χ3v) is 2.25. The van der Waals surface area contributed by atoms with Gasteiger partial charge in [-0.15, -0.1) is 0 Å². The van der Waals surface area contributed by atoms with Crippen molar-refractivity contribution in [2.75, 3.05) is 0 Å². The first-order valence-electron chi connectivity index (χ1n) is 4.99. The number of pyridine rings is 1. The predicted molar refractivity (Wildman–Crippen MR) is 58.9 cm³/mol. The number of carbonyl (C=O) groups is 1. The Morgan fingerprint density at radius 2 is 2.31 bits per heavy atom. The molecular formula is C12H12N2O2. The van der Waals surface area contributed by atoms with E-state index in [0.29, 0.717) is 12.1 Å². The molecule has 2 rings (SSSR count). The summed E-state index contributed by atoms with van der Waals surface area (Å²) >= 11 is 0. The molecule has 16 heavy (non-hydrogen) atoms. The summed E-state index contributed by atoms with van der Waals surface area (Å²) in [5.41, 5.74) is 1.31. The number of rotatable bonds is 3. The van der Waals surface area contributed by atoms with E-state index in [0.717, 1.165) is 11.5 Å². The number of nitrogens with one attached hydrogen (secondary N) is 1. The summed E-state index contributed by atoms with van der Waals surface area (Å²) in [5, 5.41) is 2.77. The number of amides is 1. The van der Waals surface area contributed by atoms with Crippen LogP contribution in [0.3, 0.4) is 0 Å². The van der Waals surface area contributed by atoms with Crippen molar-refractivity contribution in [1.82, 2.24) is 10.3 Å². The lowest BCUT2D eigenvalue weighted by atomic mass is 10.2. The molecule has 4 heteroatoms. The smallest absolute Gasteiger partial charge is 0.253 e. The summed E-state index contributed by atoms with van der Waals surface area (Å²) in [7, 11) is 0. The van der Waals surface area contributed by atoms with Gasteiger partial charge in [0.15, 0.2) is 0 Å². The average Bonchev–Trinajstić information content (AvgIpc) is 2.79. The van der Waals surface area contributed by atoms with E-state index in [2.05, 4.69) is 10.3 Å². The lowest BCUT2D eigenvalue weighted by Crippen LogP contribution is -2.23. The van der Waals surface area contributed by atoms with E-state index in [1.807, 2.05) is 13.0 Å². The SMILES string of the molecule is Cc1ncccc1C(=O)NCc1ccco1. The summed E-state index contributed by atoms with van der Waals surface area (Å²) in [5.74, 6) is 0.594. The zero-order valence-electron chi connectivity index (χ0n) is 8.93. The summed E-state index contributed by atoms with van der Waals surface area (Å²) in [6.07, 6.45) is 3.25. The van der Waals surface area contributed by atoms with Crippen LogP contribution >= 0.6 is 0 Å². The number of carbonyl (C=O) groups excluding carboxylic acids is 1. The van der Waals surface area contributed by atoms with Gasteiger partial charge in [-0.25, -0.2) is 0 Å². The molecule has 0 aliphatic carbocycles. The minimum Gasteiger partial charge on any atom is -0.467 e. The van der Waals surface area contributed by atoms with Crippen LogP contribution in [0.2, 0.25) is 0 Å². The van der Waals surface area contributed by atoms with E-state index in [9.17, 15) is 4.79 Å². The molecule has 0 atom stereocenters.